The van der Waals surface area contributed by atoms with Crippen molar-refractivity contribution < 1.29 is 19.4 Å². The summed E-state index contributed by atoms with van der Waals surface area (Å²) in [5.74, 6) is -0.725. The smallest absolute Gasteiger partial charge is 0.320 e. The van der Waals surface area contributed by atoms with Crippen molar-refractivity contribution in [2.75, 3.05) is 46.0 Å². The predicted molar refractivity (Wildman–Crippen MR) is 77.4 cm³/mol. The van der Waals surface area contributed by atoms with Gasteiger partial charge in [0, 0.05) is 51.9 Å². The van der Waals surface area contributed by atoms with Gasteiger partial charge in [0.25, 0.3) is 0 Å². The molecule has 1 spiro atoms. The molecule has 3 fully saturated rings. The van der Waals surface area contributed by atoms with Crippen LogP contribution in [0.5, 0.6) is 0 Å². The highest BCUT2D eigenvalue weighted by atomic mass is 16.6. The Balaban J connectivity index is 1.53. The number of aliphatic carboxylic acids is 1. The normalized spacial score (nSPS) is 36.9. The summed E-state index contributed by atoms with van der Waals surface area (Å²) in [7, 11) is 0. The molecular formula is C15H26N2O4. The Morgan fingerprint density at radius 3 is 2.67 bits per heavy atom. The predicted octanol–water partition coefficient (Wildman–Crippen LogP) is 0.415. The van der Waals surface area contributed by atoms with Crippen LogP contribution in [0.2, 0.25) is 0 Å². The zero-order valence-electron chi connectivity index (χ0n) is 12.8. The van der Waals surface area contributed by atoms with E-state index in [0.717, 1.165) is 65.3 Å². The average Bonchev–Trinajstić information content (AvgIpc) is 2.94. The van der Waals surface area contributed by atoms with Gasteiger partial charge in [0.05, 0.1) is 12.2 Å². The number of carbonyl (C=O) groups is 1. The van der Waals surface area contributed by atoms with Crippen LogP contribution in [-0.4, -0.2) is 84.6 Å². The molecule has 0 saturated carbocycles. The Morgan fingerprint density at radius 2 is 2.05 bits per heavy atom. The average molecular weight is 298 g/mol. The summed E-state index contributed by atoms with van der Waals surface area (Å²) in [5, 5.41) is 9.10. The number of piperazine rings is 1. The zero-order chi connectivity index (χ0) is 14.9. The first-order chi connectivity index (χ1) is 10.1. The molecule has 3 heterocycles. The van der Waals surface area contributed by atoms with Crippen LogP contribution in [0.25, 0.3) is 0 Å². The van der Waals surface area contributed by atoms with Crippen molar-refractivity contribution in [2.45, 2.75) is 43.9 Å². The third-order valence-electron chi connectivity index (χ3n) is 5.30. The van der Waals surface area contributed by atoms with E-state index in [1.54, 1.807) is 6.92 Å². The van der Waals surface area contributed by atoms with Crippen molar-refractivity contribution in [3.05, 3.63) is 0 Å². The van der Waals surface area contributed by atoms with E-state index >= 15 is 0 Å². The van der Waals surface area contributed by atoms with Crippen LogP contribution >= 0.6 is 0 Å². The molecule has 0 aliphatic carbocycles. The molecule has 3 aliphatic heterocycles. The third-order valence-corrected chi connectivity index (χ3v) is 5.30. The first-order valence-corrected chi connectivity index (χ1v) is 8.02. The highest BCUT2D eigenvalue weighted by Gasteiger charge is 2.43. The van der Waals surface area contributed by atoms with Gasteiger partial charge >= 0.3 is 5.97 Å². The molecular weight excluding hydrogens is 272 g/mol. The molecule has 120 valence electrons. The van der Waals surface area contributed by atoms with Crippen LogP contribution in [0.1, 0.15) is 26.2 Å². The molecule has 0 aromatic carbocycles. The first kappa shape index (κ1) is 15.2. The van der Waals surface area contributed by atoms with Crippen molar-refractivity contribution in [3.8, 4) is 0 Å². The molecule has 6 heteroatoms. The molecule has 0 aromatic heterocycles. The molecule has 0 aromatic rings. The first-order valence-electron chi connectivity index (χ1n) is 8.02. The number of rotatable bonds is 3. The van der Waals surface area contributed by atoms with Gasteiger partial charge in [0.1, 0.15) is 6.04 Å². The topological polar surface area (TPSA) is 62.2 Å². The molecule has 6 nitrogen and oxygen atoms in total. The van der Waals surface area contributed by atoms with E-state index in [1.807, 2.05) is 0 Å². The Hall–Kier alpha value is -0.690. The van der Waals surface area contributed by atoms with Gasteiger partial charge in [0.15, 0.2) is 0 Å². The zero-order valence-corrected chi connectivity index (χ0v) is 12.8. The number of carboxylic acids is 1. The lowest BCUT2D eigenvalue weighted by Crippen LogP contribution is -2.57. The Labute approximate surface area is 126 Å². The Kier molecular flexibility index (Phi) is 4.49. The fraction of sp³-hybridized carbons (Fsp3) is 0.933. The maximum absolute atomic E-state index is 11.1. The van der Waals surface area contributed by atoms with Gasteiger partial charge in [-0.05, 0) is 19.8 Å². The standard InChI is InChI=1S/C15H26N2O4/c1-12(14(18)19)16-4-6-17(7-5-16)13-2-8-21-15(10-13)3-9-20-11-15/h12-13H,2-11H2,1H3,(H,18,19). The van der Waals surface area contributed by atoms with Gasteiger partial charge in [-0.25, -0.2) is 0 Å². The highest BCUT2D eigenvalue weighted by molar-refractivity contribution is 5.72. The summed E-state index contributed by atoms with van der Waals surface area (Å²) in [4.78, 5) is 15.6. The lowest BCUT2D eigenvalue weighted by molar-refractivity contribution is -0.144. The van der Waals surface area contributed by atoms with E-state index in [-0.39, 0.29) is 11.6 Å². The third kappa shape index (κ3) is 3.23. The Morgan fingerprint density at radius 1 is 1.29 bits per heavy atom. The lowest BCUT2D eigenvalue weighted by atomic mass is 9.88. The number of carboxylic acid groups (broad SMARTS) is 1. The summed E-state index contributed by atoms with van der Waals surface area (Å²) in [5.41, 5.74) is -0.0472. The van der Waals surface area contributed by atoms with Gasteiger partial charge in [0.2, 0.25) is 0 Å². The molecule has 1 N–H and O–H groups in total. The van der Waals surface area contributed by atoms with Crippen molar-refractivity contribution in [3.63, 3.8) is 0 Å². The monoisotopic (exact) mass is 298 g/mol. The van der Waals surface area contributed by atoms with Crippen LogP contribution in [0.4, 0.5) is 0 Å². The lowest BCUT2D eigenvalue weighted by Gasteiger charge is -2.45. The molecule has 3 rings (SSSR count). The molecule has 21 heavy (non-hydrogen) atoms. The minimum absolute atomic E-state index is 0.0472. The van der Waals surface area contributed by atoms with Gasteiger partial charge in [-0.1, -0.05) is 0 Å². The van der Waals surface area contributed by atoms with Crippen molar-refractivity contribution in [1.29, 1.82) is 0 Å². The van der Waals surface area contributed by atoms with Crippen LogP contribution in [0.15, 0.2) is 0 Å². The Bertz CT molecular complexity index is 376. The summed E-state index contributed by atoms with van der Waals surface area (Å²) in [6.45, 7) is 7.74. The molecule has 0 bridgehead atoms. The fourth-order valence-electron chi connectivity index (χ4n) is 3.82. The van der Waals surface area contributed by atoms with E-state index in [9.17, 15) is 4.79 Å². The van der Waals surface area contributed by atoms with Gasteiger partial charge < -0.3 is 14.6 Å². The second-order valence-electron chi connectivity index (χ2n) is 6.57. The molecule has 3 atom stereocenters. The number of nitrogens with zero attached hydrogens (tertiary/aromatic N) is 2. The van der Waals surface area contributed by atoms with E-state index in [1.165, 1.54) is 0 Å². The van der Waals surface area contributed by atoms with Gasteiger partial charge in [-0.2, -0.15) is 0 Å². The molecule has 3 saturated heterocycles. The minimum atomic E-state index is -0.725. The largest absolute Gasteiger partial charge is 0.480 e. The van der Waals surface area contributed by atoms with Crippen LogP contribution < -0.4 is 0 Å². The summed E-state index contributed by atoms with van der Waals surface area (Å²) < 4.78 is 11.5. The summed E-state index contributed by atoms with van der Waals surface area (Å²) in [6.07, 6.45) is 3.15. The molecule has 3 aliphatic rings. The highest BCUT2D eigenvalue weighted by Crippen LogP contribution is 2.35. The van der Waals surface area contributed by atoms with Crippen LogP contribution in [-0.2, 0) is 14.3 Å². The van der Waals surface area contributed by atoms with Gasteiger partial charge in [-0.3, -0.25) is 14.6 Å². The van der Waals surface area contributed by atoms with Crippen LogP contribution in [0, 0.1) is 0 Å². The molecule has 0 radical (unpaired) electrons. The number of hydrogen-bond donors (Lipinski definition) is 1. The van der Waals surface area contributed by atoms with Crippen molar-refractivity contribution in [1.82, 2.24) is 9.80 Å². The maximum atomic E-state index is 11.1. The second-order valence-corrected chi connectivity index (χ2v) is 6.57. The van der Waals surface area contributed by atoms with E-state index in [2.05, 4.69) is 9.80 Å². The van der Waals surface area contributed by atoms with E-state index in [0.29, 0.717) is 6.04 Å². The van der Waals surface area contributed by atoms with Gasteiger partial charge in [-0.15, -0.1) is 0 Å². The number of ether oxygens (including phenoxy) is 2. The van der Waals surface area contributed by atoms with Crippen LogP contribution in [0.3, 0.4) is 0 Å². The SMILES string of the molecule is CC(C(=O)O)N1CCN(C2CCOC3(CCOC3)C2)CC1. The van der Waals surface area contributed by atoms with E-state index < -0.39 is 5.97 Å². The fourth-order valence-corrected chi connectivity index (χ4v) is 3.82. The minimum Gasteiger partial charge on any atom is -0.480 e. The summed E-state index contributed by atoms with van der Waals surface area (Å²) in [6, 6.07) is 0.180. The van der Waals surface area contributed by atoms with Crippen molar-refractivity contribution in [2.24, 2.45) is 0 Å². The maximum Gasteiger partial charge on any atom is 0.320 e. The summed E-state index contributed by atoms with van der Waals surface area (Å²) >= 11 is 0. The quantitative estimate of drug-likeness (QED) is 0.814. The molecule has 0 amide bonds. The second kappa shape index (κ2) is 6.20. The molecule has 3 unspecified atom stereocenters. The van der Waals surface area contributed by atoms with Crippen molar-refractivity contribution >= 4 is 5.97 Å². The van der Waals surface area contributed by atoms with E-state index in [4.69, 9.17) is 14.6 Å². The number of hydrogen-bond acceptors (Lipinski definition) is 5.